The molecule has 0 spiro atoms. The summed E-state index contributed by atoms with van der Waals surface area (Å²) in [4.78, 5) is 12.5. The van der Waals surface area contributed by atoms with Crippen LogP contribution in [0.1, 0.15) is 18.9 Å². The molecule has 2 nitrogen and oxygen atoms in total. The van der Waals surface area contributed by atoms with Crippen LogP contribution in [0.4, 0.5) is 0 Å². The molecule has 0 radical (unpaired) electrons. The number of nitrogens with one attached hydrogen (secondary N) is 1. The van der Waals surface area contributed by atoms with E-state index >= 15 is 0 Å². The first-order valence-electron chi connectivity index (χ1n) is 5.19. The maximum atomic E-state index is 11.6. The van der Waals surface area contributed by atoms with Crippen molar-refractivity contribution in [3.63, 3.8) is 0 Å². The zero-order valence-corrected chi connectivity index (χ0v) is 10.1. The maximum absolute atomic E-state index is 11.6. The number of hydrogen-bond acceptors (Lipinski definition) is 2. The molecule has 1 unspecified atom stereocenters. The molecule has 0 aliphatic rings. The van der Waals surface area contributed by atoms with Gasteiger partial charge < -0.3 is 5.32 Å². The van der Waals surface area contributed by atoms with Gasteiger partial charge in [-0.25, -0.2) is 0 Å². The van der Waals surface area contributed by atoms with E-state index in [0.29, 0.717) is 6.42 Å². The number of terminal acetylenes is 1. The third-order valence-corrected chi connectivity index (χ3v) is 2.54. The number of thiol groups is 1. The minimum Gasteiger partial charge on any atom is -0.342 e. The van der Waals surface area contributed by atoms with Crippen LogP contribution in [0, 0.1) is 12.3 Å². The van der Waals surface area contributed by atoms with E-state index in [1.54, 1.807) is 0 Å². The lowest BCUT2D eigenvalue weighted by molar-refractivity contribution is -0.120. The minimum absolute atomic E-state index is 0.0447. The summed E-state index contributed by atoms with van der Waals surface area (Å²) < 4.78 is 0. The van der Waals surface area contributed by atoms with Crippen molar-refractivity contribution >= 4 is 18.5 Å². The van der Waals surface area contributed by atoms with E-state index < -0.39 is 0 Å². The Morgan fingerprint density at radius 3 is 2.62 bits per heavy atom. The molecule has 1 amide bonds. The van der Waals surface area contributed by atoms with Crippen LogP contribution in [0.2, 0.25) is 0 Å². The van der Waals surface area contributed by atoms with E-state index in [1.165, 1.54) is 0 Å². The van der Waals surface area contributed by atoms with Crippen LogP contribution in [0.25, 0.3) is 0 Å². The van der Waals surface area contributed by atoms with Gasteiger partial charge >= 0.3 is 0 Å². The first-order valence-corrected chi connectivity index (χ1v) is 5.63. The van der Waals surface area contributed by atoms with Gasteiger partial charge in [-0.05, 0) is 24.1 Å². The Labute approximate surface area is 102 Å². The van der Waals surface area contributed by atoms with Crippen LogP contribution in [0.15, 0.2) is 29.2 Å². The van der Waals surface area contributed by atoms with Gasteiger partial charge in [-0.15, -0.1) is 19.1 Å². The van der Waals surface area contributed by atoms with Crippen molar-refractivity contribution in [1.29, 1.82) is 0 Å². The lowest BCUT2D eigenvalue weighted by Crippen LogP contribution is -2.34. The Balaban J connectivity index is 2.52. The van der Waals surface area contributed by atoms with Crippen molar-refractivity contribution in [3.8, 4) is 12.3 Å². The molecule has 1 atom stereocenters. The highest BCUT2D eigenvalue weighted by Crippen LogP contribution is 2.08. The summed E-state index contributed by atoms with van der Waals surface area (Å²) in [5, 5.41) is 2.79. The molecular weight excluding hydrogens is 218 g/mol. The summed E-state index contributed by atoms with van der Waals surface area (Å²) in [6, 6.07) is 7.34. The lowest BCUT2D eigenvalue weighted by Gasteiger charge is -2.10. The fourth-order valence-corrected chi connectivity index (χ4v) is 1.46. The molecule has 1 aromatic rings. The van der Waals surface area contributed by atoms with Gasteiger partial charge in [0.2, 0.25) is 5.91 Å². The average Bonchev–Trinajstić information content (AvgIpc) is 2.29. The van der Waals surface area contributed by atoms with Gasteiger partial charge in [0.15, 0.2) is 0 Å². The Morgan fingerprint density at radius 1 is 1.50 bits per heavy atom. The molecule has 1 rings (SSSR count). The number of rotatable bonds is 4. The fourth-order valence-electron chi connectivity index (χ4n) is 1.31. The molecule has 1 N–H and O–H groups in total. The van der Waals surface area contributed by atoms with Gasteiger partial charge in [-0.3, -0.25) is 4.79 Å². The number of benzene rings is 1. The van der Waals surface area contributed by atoms with Gasteiger partial charge in [-0.1, -0.05) is 25.0 Å². The van der Waals surface area contributed by atoms with E-state index in [9.17, 15) is 4.79 Å². The molecule has 84 valence electrons. The van der Waals surface area contributed by atoms with Gasteiger partial charge in [-0.2, -0.15) is 0 Å². The molecular formula is C13H15NOS. The molecule has 3 heteroatoms. The summed E-state index contributed by atoms with van der Waals surface area (Å²) in [5.41, 5.74) is 0.960. The van der Waals surface area contributed by atoms with Crippen LogP contribution in [0.3, 0.4) is 0 Å². The quantitative estimate of drug-likeness (QED) is 0.605. The topological polar surface area (TPSA) is 29.1 Å². The molecule has 0 aliphatic heterocycles. The minimum atomic E-state index is -0.170. The Hall–Kier alpha value is -1.40. The summed E-state index contributed by atoms with van der Waals surface area (Å²) >= 11 is 4.18. The molecule has 1 aromatic carbocycles. The second-order valence-corrected chi connectivity index (χ2v) is 4.05. The van der Waals surface area contributed by atoms with E-state index in [0.717, 1.165) is 16.9 Å². The molecule has 0 saturated heterocycles. The van der Waals surface area contributed by atoms with E-state index in [2.05, 4.69) is 23.9 Å². The van der Waals surface area contributed by atoms with Crippen LogP contribution in [-0.4, -0.2) is 11.9 Å². The van der Waals surface area contributed by atoms with Crippen LogP contribution < -0.4 is 5.32 Å². The SMILES string of the molecule is C#CC(CC)NC(=O)Cc1ccc(S)cc1. The number of carbonyl (C=O) groups is 1. The number of amides is 1. The smallest absolute Gasteiger partial charge is 0.225 e. The van der Waals surface area contributed by atoms with Crippen molar-refractivity contribution in [1.82, 2.24) is 5.32 Å². The zero-order valence-electron chi connectivity index (χ0n) is 9.23. The van der Waals surface area contributed by atoms with Crippen LogP contribution in [-0.2, 0) is 11.2 Å². The van der Waals surface area contributed by atoms with Crippen molar-refractivity contribution in [2.45, 2.75) is 30.7 Å². The molecule has 0 heterocycles. The Bertz CT molecular complexity index is 391. The average molecular weight is 233 g/mol. The van der Waals surface area contributed by atoms with Crippen LogP contribution >= 0.6 is 12.6 Å². The van der Waals surface area contributed by atoms with Gasteiger partial charge in [0, 0.05) is 4.90 Å². The third-order valence-electron chi connectivity index (χ3n) is 2.25. The van der Waals surface area contributed by atoms with Crippen molar-refractivity contribution < 1.29 is 4.79 Å². The highest BCUT2D eigenvalue weighted by molar-refractivity contribution is 7.80. The zero-order chi connectivity index (χ0) is 12.0. The van der Waals surface area contributed by atoms with E-state index in [4.69, 9.17) is 6.42 Å². The summed E-state index contributed by atoms with van der Waals surface area (Å²) in [5.74, 6) is 2.49. The van der Waals surface area contributed by atoms with E-state index in [1.807, 2.05) is 31.2 Å². The standard InChI is InChI=1S/C13H15NOS/c1-3-11(4-2)14-13(15)9-10-5-7-12(16)8-6-10/h1,5-8,11,16H,4,9H2,2H3,(H,14,15). The number of hydrogen-bond donors (Lipinski definition) is 2. The largest absolute Gasteiger partial charge is 0.342 e. The Kier molecular flexibility index (Phi) is 4.94. The van der Waals surface area contributed by atoms with Gasteiger partial charge in [0.05, 0.1) is 12.5 Å². The van der Waals surface area contributed by atoms with Crippen LogP contribution in [0.5, 0.6) is 0 Å². The van der Waals surface area contributed by atoms with Crippen molar-refractivity contribution in [2.24, 2.45) is 0 Å². The van der Waals surface area contributed by atoms with Crippen molar-refractivity contribution in [3.05, 3.63) is 29.8 Å². The number of carbonyl (C=O) groups excluding carboxylic acids is 1. The normalized spacial score (nSPS) is 11.6. The molecule has 0 aliphatic carbocycles. The molecule has 0 bridgehead atoms. The summed E-state index contributed by atoms with van der Waals surface area (Å²) in [7, 11) is 0. The molecule has 0 saturated carbocycles. The molecule has 0 aromatic heterocycles. The first-order chi connectivity index (χ1) is 7.65. The van der Waals surface area contributed by atoms with Gasteiger partial charge in [0.1, 0.15) is 0 Å². The second-order valence-electron chi connectivity index (χ2n) is 3.54. The second kappa shape index (κ2) is 6.24. The highest BCUT2D eigenvalue weighted by atomic mass is 32.1. The third kappa shape index (κ3) is 4.00. The van der Waals surface area contributed by atoms with E-state index in [-0.39, 0.29) is 11.9 Å². The van der Waals surface area contributed by atoms with Gasteiger partial charge in [0.25, 0.3) is 0 Å². The monoisotopic (exact) mass is 233 g/mol. The lowest BCUT2D eigenvalue weighted by atomic mass is 10.1. The van der Waals surface area contributed by atoms with Crippen molar-refractivity contribution in [2.75, 3.05) is 0 Å². The fraction of sp³-hybridized carbons (Fsp3) is 0.308. The Morgan fingerprint density at radius 2 is 2.12 bits per heavy atom. The molecule has 16 heavy (non-hydrogen) atoms. The predicted molar refractivity (Wildman–Crippen MR) is 68.5 cm³/mol. The molecule has 0 fully saturated rings. The maximum Gasteiger partial charge on any atom is 0.225 e. The summed E-state index contributed by atoms with van der Waals surface area (Å²) in [6.07, 6.45) is 6.37. The summed E-state index contributed by atoms with van der Waals surface area (Å²) in [6.45, 7) is 1.94. The predicted octanol–water partition coefficient (Wildman–Crippen LogP) is 2.05. The highest BCUT2D eigenvalue weighted by Gasteiger charge is 2.07. The first kappa shape index (κ1) is 12.7.